The quantitative estimate of drug-likeness (QED) is 0.814. The minimum absolute atomic E-state index is 0.0331. The summed E-state index contributed by atoms with van der Waals surface area (Å²) in [6, 6.07) is 10.2. The van der Waals surface area contributed by atoms with Crippen LogP contribution in [0, 0.1) is 13.8 Å². The van der Waals surface area contributed by atoms with Gasteiger partial charge in [-0.2, -0.15) is 5.10 Å². The van der Waals surface area contributed by atoms with Crippen molar-refractivity contribution in [3.63, 3.8) is 0 Å². The molecule has 6 nitrogen and oxygen atoms in total. The Morgan fingerprint density at radius 2 is 1.85 bits per heavy atom. The Balaban J connectivity index is 1.28. The van der Waals surface area contributed by atoms with Gasteiger partial charge in [-0.1, -0.05) is 12.1 Å². The SMILES string of the molecule is Cc1ccc(C)c(OCC(=O)N2CCN(c3ccc(C4CC4)nn3)CC2)c1. The first-order valence-electron chi connectivity index (χ1n) is 9.66. The molecule has 0 unspecified atom stereocenters. The van der Waals surface area contributed by atoms with Crippen LogP contribution < -0.4 is 9.64 Å². The topological polar surface area (TPSA) is 58.6 Å². The van der Waals surface area contributed by atoms with Crippen molar-refractivity contribution in [1.29, 1.82) is 0 Å². The van der Waals surface area contributed by atoms with Crippen LogP contribution in [0.4, 0.5) is 5.82 Å². The highest BCUT2D eigenvalue weighted by molar-refractivity contribution is 5.78. The van der Waals surface area contributed by atoms with Gasteiger partial charge in [0.2, 0.25) is 0 Å². The summed E-state index contributed by atoms with van der Waals surface area (Å²) in [4.78, 5) is 16.6. The number of hydrogen-bond donors (Lipinski definition) is 0. The molecule has 0 spiro atoms. The number of piperazine rings is 1. The van der Waals surface area contributed by atoms with Crippen LogP contribution in [0.2, 0.25) is 0 Å². The number of rotatable bonds is 5. The van der Waals surface area contributed by atoms with E-state index in [1.807, 2.05) is 36.9 Å². The van der Waals surface area contributed by atoms with E-state index in [0.29, 0.717) is 19.0 Å². The van der Waals surface area contributed by atoms with Crippen molar-refractivity contribution < 1.29 is 9.53 Å². The average molecular weight is 366 g/mol. The zero-order valence-electron chi connectivity index (χ0n) is 16.0. The van der Waals surface area contributed by atoms with Gasteiger partial charge in [-0.25, -0.2) is 0 Å². The predicted octanol–water partition coefficient (Wildman–Crippen LogP) is 2.70. The monoisotopic (exact) mass is 366 g/mol. The second-order valence-electron chi connectivity index (χ2n) is 7.52. The molecule has 1 aromatic carbocycles. The number of amides is 1. The van der Waals surface area contributed by atoms with Crippen LogP contribution in [0.5, 0.6) is 5.75 Å². The first-order chi connectivity index (χ1) is 13.1. The van der Waals surface area contributed by atoms with Crippen LogP contribution in [0.1, 0.15) is 35.6 Å². The molecule has 1 aliphatic heterocycles. The maximum absolute atomic E-state index is 12.5. The number of aryl methyl sites for hydroxylation is 2. The summed E-state index contributed by atoms with van der Waals surface area (Å²) in [5, 5.41) is 8.73. The van der Waals surface area contributed by atoms with Gasteiger partial charge in [-0.15, -0.1) is 5.10 Å². The summed E-state index contributed by atoms with van der Waals surface area (Å²) in [6.45, 7) is 7.00. The van der Waals surface area contributed by atoms with Crippen LogP contribution in [0.15, 0.2) is 30.3 Å². The van der Waals surface area contributed by atoms with Crippen molar-refractivity contribution in [3.8, 4) is 5.75 Å². The largest absolute Gasteiger partial charge is 0.483 e. The van der Waals surface area contributed by atoms with Crippen molar-refractivity contribution in [1.82, 2.24) is 15.1 Å². The highest BCUT2D eigenvalue weighted by Crippen LogP contribution is 2.38. The zero-order chi connectivity index (χ0) is 18.8. The highest BCUT2D eigenvalue weighted by Gasteiger charge is 2.26. The molecule has 1 aliphatic carbocycles. The number of hydrogen-bond acceptors (Lipinski definition) is 5. The summed E-state index contributed by atoms with van der Waals surface area (Å²) in [6.07, 6.45) is 2.47. The standard InChI is InChI=1S/C21H26N4O2/c1-15-3-4-16(2)19(13-15)27-14-21(26)25-11-9-24(10-12-25)20-8-7-18(22-23-20)17-5-6-17/h3-4,7-8,13,17H,5-6,9-12,14H2,1-2H3. The van der Waals surface area contributed by atoms with E-state index in [9.17, 15) is 4.79 Å². The molecule has 2 fully saturated rings. The van der Waals surface area contributed by atoms with Gasteiger partial charge in [0.05, 0.1) is 5.69 Å². The Kier molecular flexibility index (Phi) is 4.97. The van der Waals surface area contributed by atoms with E-state index in [4.69, 9.17) is 4.74 Å². The molecule has 142 valence electrons. The molecule has 1 amide bonds. The van der Waals surface area contributed by atoms with Gasteiger partial charge >= 0.3 is 0 Å². The third kappa shape index (κ3) is 4.21. The Hall–Kier alpha value is -2.63. The van der Waals surface area contributed by atoms with Gasteiger partial charge < -0.3 is 14.5 Å². The fourth-order valence-electron chi connectivity index (χ4n) is 3.38. The normalized spacial score (nSPS) is 17.1. The lowest BCUT2D eigenvalue weighted by atomic mass is 10.1. The van der Waals surface area contributed by atoms with E-state index in [2.05, 4.69) is 27.2 Å². The zero-order valence-corrected chi connectivity index (χ0v) is 16.0. The third-order valence-corrected chi connectivity index (χ3v) is 5.32. The van der Waals surface area contributed by atoms with E-state index >= 15 is 0 Å². The summed E-state index contributed by atoms with van der Waals surface area (Å²) in [7, 11) is 0. The van der Waals surface area contributed by atoms with Crippen molar-refractivity contribution in [2.45, 2.75) is 32.6 Å². The van der Waals surface area contributed by atoms with Crippen molar-refractivity contribution in [2.24, 2.45) is 0 Å². The Morgan fingerprint density at radius 3 is 2.52 bits per heavy atom. The fraction of sp³-hybridized carbons (Fsp3) is 0.476. The van der Waals surface area contributed by atoms with Gasteiger partial charge in [0.1, 0.15) is 5.75 Å². The number of ether oxygens (including phenoxy) is 1. The number of carbonyl (C=O) groups excluding carboxylic acids is 1. The molecule has 1 saturated heterocycles. The molecule has 0 bridgehead atoms. The first-order valence-corrected chi connectivity index (χ1v) is 9.66. The van der Waals surface area contributed by atoms with E-state index in [1.165, 1.54) is 12.8 Å². The van der Waals surface area contributed by atoms with Crippen LogP contribution in [0.25, 0.3) is 0 Å². The Bertz CT molecular complexity index is 809. The lowest BCUT2D eigenvalue weighted by Gasteiger charge is -2.35. The number of benzene rings is 1. The fourth-order valence-corrected chi connectivity index (χ4v) is 3.38. The molecule has 6 heteroatoms. The van der Waals surface area contributed by atoms with E-state index in [-0.39, 0.29) is 12.5 Å². The summed E-state index contributed by atoms with van der Waals surface area (Å²) in [5.74, 6) is 2.34. The van der Waals surface area contributed by atoms with E-state index in [0.717, 1.165) is 41.5 Å². The van der Waals surface area contributed by atoms with E-state index in [1.54, 1.807) is 0 Å². The smallest absolute Gasteiger partial charge is 0.260 e. The van der Waals surface area contributed by atoms with Crippen LogP contribution in [0.3, 0.4) is 0 Å². The Morgan fingerprint density at radius 1 is 1.07 bits per heavy atom. The van der Waals surface area contributed by atoms with Gasteiger partial charge in [0.25, 0.3) is 5.91 Å². The maximum Gasteiger partial charge on any atom is 0.260 e. The van der Waals surface area contributed by atoms with Gasteiger partial charge in [-0.05, 0) is 56.0 Å². The van der Waals surface area contributed by atoms with Gasteiger partial charge in [0.15, 0.2) is 12.4 Å². The minimum Gasteiger partial charge on any atom is -0.483 e. The highest BCUT2D eigenvalue weighted by atomic mass is 16.5. The molecule has 2 aliphatic rings. The molecular formula is C21H26N4O2. The lowest BCUT2D eigenvalue weighted by molar-refractivity contribution is -0.133. The lowest BCUT2D eigenvalue weighted by Crippen LogP contribution is -2.50. The van der Waals surface area contributed by atoms with Crippen LogP contribution >= 0.6 is 0 Å². The Labute approximate surface area is 160 Å². The van der Waals surface area contributed by atoms with Gasteiger partial charge in [-0.3, -0.25) is 4.79 Å². The third-order valence-electron chi connectivity index (χ3n) is 5.32. The molecule has 2 aromatic rings. The molecule has 0 N–H and O–H groups in total. The number of carbonyl (C=O) groups is 1. The summed E-state index contributed by atoms with van der Waals surface area (Å²) >= 11 is 0. The summed E-state index contributed by atoms with van der Waals surface area (Å²) < 4.78 is 5.76. The number of aromatic nitrogens is 2. The summed E-state index contributed by atoms with van der Waals surface area (Å²) in [5.41, 5.74) is 3.29. The van der Waals surface area contributed by atoms with Gasteiger partial charge in [0, 0.05) is 32.1 Å². The molecule has 1 aromatic heterocycles. The second-order valence-corrected chi connectivity index (χ2v) is 7.52. The molecule has 27 heavy (non-hydrogen) atoms. The number of nitrogens with zero attached hydrogens (tertiary/aromatic N) is 4. The average Bonchev–Trinajstić information content (AvgIpc) is 3.54. The van der Waals surface area contributed by atoms with Crippen molar-refractivity contribution in [3.05, 3.63) is 47.2 Å². The maximum atomic E-state index is 12.5. The second kappa shape index (κ2) is 7.55. The van der Waals surface area contributed by atoms with Crippen LogP contribution in [-0.4, -0.2) is 53.8 Å². The molecule has 1 saturated carbocycles. The van der Waals surface area contributed by atoms with Crippen LogP contribution in [-0.2, 0) is 4.79 Å². The minimum atomic E-state index is 0.0331. The molecular weight excluding hydrogens is 340 g/mol. The molecule has 0 radical (unpaired) electrons. The molecule has 2 heterocycles. The van der Waals surface area contributed by atoms with Crippen molar-refractivity contribution >= 4 is 11.7 Å². The number of anilines is 1. The first kappa shape index (κ1) is 17.8. The molecule has 4 rings (SSSR count). The van der Waals surface area contributed by atoms with E-state index < -0.39 is 0 Å². The molecule has 0 atom stereocenters. The predicted molar refractivity (Wildman–Crippen MR) is 104 cm³/mol. The van der Waals surface area contributed by atoms with Crippen molar-refractivity contribution in [2.75, 3.05) is 37.7 Å².